The molecule has 2 nitrogen and oxygen atoms in total. The number of aryl methyl sites for hydroxylation is 1. The third-order valence-electron chi connectivity index (χ3n) is 1.71. The van der Waals surface area contributed by atoms with Gasteiger partial charge in [0.25, 0.3) is 0 Å². The van der Waals surface area contributed by atoms with Gasteiger partial charge in [0.15, 0.2) is 0 Å². The molecule has 0 N–H and O–H groups in total. The summed E-state index contributed by atoms with van der Waals surface area (Å²) < 4.78 is 3.89. The molecule has 3 heteroatoms. The predicted molar refractivity (Wildman–Crippen MR) is 41.9 cm³/mol. The van der Waals surface area contributed by atoms with Crippen molar-refractivity contribution in [1.82, 2.24) is 9.59 Å². The van der Waals surface area contributed by atoms with Crippen molar-refractivity contribution >= 4 is 17.6 Å². The number of allylic oxidation sites excluding steroid dienone is 1. The van der Waals surface area contributed by atoms with Crippen LogP contribution in [0.4, 0.5) is 0 Å². The van der Waals surface area contributed by atoms with Crippen LogP contribution in [-0.2, 0) is 6.42 Å². The summed E-state index contributed by atoms with van der Waals surface area (Å²) in [6.45, 7) is 2.14. The lowest BCUT2D eigenvalue weighted by atomic mass is 10.0. The lowest BCUT2D eigenvalue weighted by molar-refractivity contribution is 0.934. The van der Waals surface area contributed by atoms with Gasteiger partial charge in [0, 0.05) is 0 Å². The lowest BCUT2D eigenvalue weighted by Gasteiger charge is -2.05. The summed E-state index contributed by atoms with van der Waals surface area (Å²) in [6.07, 6.45) is 4.44. The van der Waals surface area contributed by atoms with Crippen molar-refractivity contribution < 1.29 is 0 Å². The Labute approximate surface area is 63.7 Å². The van der Waals surface area contributed by atoms with Crippen LogP contribution < -0.4 is 0 Å². The van der Waals surface area contributed by atoms with Crippen LogP contribution in [0.2, 0.25) is 0 Å². The second-order valence-electron chi connectivity index (χ2n) is 2.57. The molecule has 1 heterocycles. The number of hydrogen-bond acceptors (Lipinski definition) is 3. The molecule has 0 saturated carbocycles. The van der Waals surface area contributed by atoms with Gasteiger partial charge in [-0.1, -0.05) is 10.1 Å². The molecular formula is C7H8N2S. The smallest absolute Gasteiger partial charge is 0.101 e. The molecule has 0 aromatic carbocycles. The highest BCUT2D eigenvalue weighted by Gasteiger charge is 2.10. The summed E-state index contributed by atoms with van der Waals surface area (Å²) in [5.41, 5.74) is 2.51. The minimum atomic E-state index is 1.09. The summed E-state index contributed by atoms with van der Waals surface area (Å²) >= 11 is 1.52. The van der Waals surface area contributed by atoms with E-state index >= 15 is 0 Å². The molecule has 0 saturated heterocycles. The average molecular weight is 152 g/mol. The quantitative estimate of drug-likeness (QED) is 0.567. The Morgan fingerprint density at radius 3 is 3.30 bits per heavy atom. The normalized spacial score (nSPS) is 16.3. The van der Waals surface area contributed by atoms with Gasteiger partial charge in [-0.25, -0.2) is 0 Å². The minimum Gasteiger partial charge on any atom is -0.138 e. The van der Waals surface area contributed by atoms with Crippen molar-refractivity contribution in [3.63, 3.8) is 0 Å². The molecule has 0 aliphatic heterocycles. The molecule has 0 amide bonds. The molecule has 52 valence electrons. The molecule has 0 radical (unpaired) electrons. The maximum atomic E-state index is 4.00. The van der Waals surface area contributed by atoms with Crippen LogP contribution in [0.25, 0.3) is 6.08 Å². The Morgan fingerprint density at radius 1 is 1.50 bits per heavy atom. The third kappa shape index (κ3) is 0.865. The van der Waals surface area contributed by atoms with Gasteiger partial charge in [-0.3, -0.25) is 0 Å². The molecule has 0 unspecified atom stereocenters. The Morgan fingerprint density at radius 2 is 2.40 bits per heavy atom. The van der Waals surface area contributed by atoms with Gasteiger partial charge in [0.1, 0.15) is 5.69 Å². The summed E-state index contributed by atoms with van der Waals surface area (Å²) in [6, 6.07) is 0. The fourth-order valence-electron chi connectivity index (χ4n) is 1.12. The van der Waals surface area contributed by atoms with Gasteiger partial charge >= 0.3 is 0 Å². The van der Waals surface area contributed by atoms with Crippen LogP contribution in [0.3, 0.4) is 0 Å². The van der Waals surface area contributed by atoms with Crippen molar-refractivity contribution in [3.8, 4) is 0 Å². The second kappa shape index (κ2) is 2.16. The average Bonchev–Trinajstić information content (AvgIpc) is 2.33. The van der Waals surface area contributed by atoms with E-state index in [1.807, 2.05) is 0 Å². The van der Waals surface area contributed by atoms with E-state index in [1.54, 1.807) is 0 Å². The molecule has 0 atom stereocenters. The van der Waals surface area contributed by atoms with E-state index in [4.69, 9.17) is 0 Å². The Balaban J connectivity index is 2.50. The zero-order valence-corrected chi connectivity index (χ0v) is 6.61. The first-order valence-corrected chi connectivity index (χ1v) is 4.12. The van der Waals surface area contributed by atoms with E-state index in [1.165, 1.54) is 28.4 Å². The Hall–Kier alpha value is -0.700. The summed E-state index contributed by atoms with van der Waals surface area (Å²) in [5, 5.41) is 4.00. The first kappa shape index (κ1) is 6.04. The van der Waals surface area contributed by atoms with Gasteiger partial charge in [-0.05, 0) is 37.4 Å². The van der Waals surface area contributed by atoms with E-state index in [0.29, 0.717) is 0 Å². The molecule has 10 heavy (non-hydrogen) atoms. The second-order valence-corrected chi connectivity index (χ2v) is 3.41. The van der Waals surface area contributed by atoms with Crippen molar-refractivity contribution in [1.29, 1.82) is 0 Å². The number of nitrogens with zero attached hydrogens (tertiary/aromatic N) is 2. The van der Waals surface area contributed by atoms with Gasteiger partial charge in [-0.2, -0.15) is 0 Å². The van der Waals surface area contributed by atoms with Crippen LogP contribution in [0, 0.1) is 0 Å². The van der Waals surface area contributed by atoms with Crippen LogP contribution in [0.5, 0.6) is 0 Å². The first-order chi connectivity index (χ1) is 4.86. The number of aromatic nitrogens is 2. The Kier molecular flexibility index (Phi) is 1.31. The van der Waals surface area contributed by atoms with Crippen LogP contribution in [0.1, 0.15) is 23.9 Å². The maximum absolute atomic E-state index is 4.00. The molecule has 0 spiro atoms. The van der Waals surface area contributed by atoms with Gasteiger partial charge in [0.05, 0.1) is 4.88 Å². The van der Waals surface area contributed by atoms with Gasteiger partial charge in [-0.15, -0.1) is 5.10 Å². The van der Waals surface area contributed by atoms with Crippen molar-refractivity contribution in [2.75, 3.05) is 0 Å². The lowest BCUT2D eigenvalue weighted by Crippen LogP contribution is -1.93. The fraction of sp³-hybridized carbons (Fsp3) is 0.429. The molecule has 2 rings (SSSR count). The standard InChI is InChI=1S/C7H8N2S/c1-5-2-3-7-6(4-5)8-9-10-7/h4H,2-3H2,1H3. The monoisotopic (exact) mass is 152 g/mol. The minimum absolute atomic E-state index is 1.09. The van der Waals surface area contributed by atoms with Crippen LogP contribution >= 0.6 is 11.5 Å². The SMILES string of the molecule is CC1=Cc2nnsc2CC1. The van der Waals surface area contributed by atoms with E-state index in [9.17, 15) is 0 Å². The first-order valence-electron chi connectivity index (χ1n) is 3.34. The van der Waals surface area contributed by atoms with E-state index in [2.05, 4.69) is 22.6 Å². The van der Waals surface area contributed by atoms with E-state index in [0.717, 1.165) is 12.1 Å². The number of fused-ring (bicyclic) bond motifs is 1. The van der Waals surface area contributed by atoms with Crippen molar-refractivity contribution in [2.45, 2.75) is 19.8 Å². The summed E-state index contributed by atoms with van der Waals surface area (Å²) in [7, 11) is 0. The molecule has 0 fully saturated rings. The number of rotatable bonds is 0. The zero-order valence-electron chi connectivity index (χ0n) is 5.79. The molecular weight excluding hydrogens is 144 g/mol. The van der Waals surface area contributed by atoms with Gasteiger partial charge in [0.2, 0.25) is 0 Å². The highest BCUT2D eigenvalue weighted by molar-refractivity contribution is 7.05. The third-order valence-corrected chi connectivity index (χ3v) is 2.51. The van der Waals surface area contributed by atoms with Crippen LogP contribution in [-0.4, -0.2) is 9.59 Å². The highest BCUT2D eigenvalue weighted by Crippen LogP contribution is 2.23. The topological polar surface area (TPSA) is 25.8 Å². The molecule has 0 bridgehead atoms. The van der Waals surface area contributed by atoms with Gasteiger partial charge < -0.3 is 0 Å². The Bertz CT molecular complexity index is 275. The largest absolute Gasteiger partial charge is 0.138 e. The maximum Gasteiger partial charge on any atom is 0.101 e. The van der Waals surface area contributed by atoms with E-state index in [-0.39, 0.29) is 0 Å². The highest BCUT2D eigenvalue weighted by atomic mass is 32.1. The van der Waals surface area contributed by atoms with Crippen LogP contribution in [0.15, 0.2) is 5.57 Å². The molecule has 1 aliphatic rings. The van der Waals surface area contributed by atoms with Crippen molar-refractivity contribution in [2.24, 2.45) is 0 Å². The van der Waals surface area contributed by atoms with E-state index < -0.39 is 0 Å². The molecule has 1 aliphatic carbocycles. The predicted octanol–water partition coefficient (Wildman–Crippen LogP) is 1.89. The fourth-order valence-corrected chi connectivity index (χ4v) is 1.73. The zero-order chi connectivity index (χ0) is 6.97. The van der Waals surface area contributed by atoms with Crippen molar-refractivity contribution in [3.05, 3.63) is 16.1 Å². The molecule has 1 aromatic heterocycles. The summed E-state index contributed by atoms with van der Waals surface area (Å²) in [5.74, 6) is 0. The summed E-state index contributed by atoms with van der Waals surface area (Å²) in [4.78, 5) is 1.34. The molecule has 1 aromatic rings. The number of hydrogen-bond donors (Lipinski definition) is 0.